The molecule has 0 bridgehead atoms. The van der Waals surface area contributed by atoms with Crippen LogP contribution in [-0.2, 0) is 32.6 Å². The number of hydrogen-bond acceptors (Lipinski definition) is 5. The van der Waals surface area contributed by atoms with Gasteiger partial charge in [0.1, 0.15) is 11.8 Å². The molecule has 42 heavy (non-hydrogen) atoms. The predicted octanol–water partition coefficient (Wildman–Crippen LogP) is 5.02. The van der Waals surface area contributed by atoms with E-state index in [-0.39, 0.29) is 31.3 Å². The molecule has 0 heterocycles. The van der Waals surface area contributed by atoms with E-state index in [4.69, 9.17) is 4.74 Å². The molecule has 0 aromatic heterocycles. The molecule has 1 N–H and O–H groups in total. The first-order valence-electron chi connectivity index (χ1n) is 14.3. The maximum absolute atomic E-state index is 13.9. The van der Waals surface area contributed by atoms with Gasteiger partial charge in [-0.05, 0) is 67.1 Å². The Balaban J connectivity index is 1.91. The van der Waals surface area contributed by atoms with E-state index in [2.05, 4.69) is 5.32 Å². The minimum atomic E-state index is -3.58. The van der Waals surface area contributed by atoms with E-state index in [0.29, 0.717) is 30.8 Å². The molecule has 0 saturated heterocycles. The van der Waals surface area contributed by atoms with Crippen LogP contribution in [0.25, 0.3) is 0 Å². The van der Waals surface area contributed by atoms with Gasteiger partial charge in [-0.25, -0.2) is 8.42 Å². The van der Waals surface area contributed by atoms with Gasteiger partial charge in [0.15, 0.2) is 0 Å². The SMILES string of the molecule is CCCNC(=O)C(Cc1ccccc1)N(Cc1cccc(OC)c1)C(=O)CCCN(c1cccc(C)c1C)S(C)(=O)=O. The summed E-state index contributed by atoms with van der Waals surface area (Å²) in [5.74, 6) is 0.220. The standard InChI is InChI=1S/C33H43N3O5S/c1-6-20-34-33(38)31(23-27-14-8-7-9-15-27)35(24-28-16-11-17-29(22-28)41-4)32(37)19-12-21-36(42(5,39)40)30-18-10-13-25(2)26(30)3/h7-11,13-18,22,31H,6,12,19-21,23-24H2,1-5H3,(H,34,38). The van der Waals surface area contributed by atoms with Crippen LogP contribution in [0.5, 0.6) is 5.75 Å². The van der Waals surface area contributed by atoms with E-state index in [1.807, 2.05) is 87.5 Å². The Bertz CT molecular complexity index is 1440. The number of aryl methyl sites for hydroxylation is 1. The van der Waals surface area contributed by atoms with E-state index >= 15 is 0 Å². The van der Waals surface area contributed by atoms with Crippen LogP contribution in [0.15, 0.2) is 72.8 Å². The van der Waals surface area contributed by atoms with Gasteiger partial charge in [-0.15, -0.1) is 0 Å². The Kier molecular flexibility index (Phi) is 12.0. The average Bonchev–Trinajstić information content (AvgIpc) is 2.97. The van der Waals surface area contributed by atoms with E-state index in [9.17, 15) is 18.0 Å². The Morgan fingerprint density at radius 1 is 0.952 bits per heavy atom. The van der Waals surface area contributed by atoms with E-state index in [0.717, 1.165) is 28.7 Å². The van der Waals surface area contributed by atoms with E-state index in [1.54, 1.807) is 18.1 Å². The van der Waals surface area contributed by atoms with Crippen molar-refractivity contribution < 1.29 is 22.7 Å². The van der Waals surface area contributed by atoms with Gasteiger partial charge in [-0.2, -0.15) is 0 Å². The molecule has 1 unspecified atom stereocenters. The van der Waals surface area contributed by atoms with Crippen LogP contribution in [0.4, 0.5) is 5.69 Å². The summed E-state index contributed by atoms with van der Waals surface area (Å²) in [4.78, 5) is 29.1. The summed E-state index contributed by atoms with van der Waals surface area (Å²) in [6, 6.07) is 21.9. The monoisotopic (exact) mass is 593 g/mol. The molecule has 3 aromatic carbocycles. The van der Waals surface area contributed by atoms with Gasteiger partial charge >= 0.3 is 0 Å². The van der Waals surface area contributed by atoms with Gasteiger partial charge in [0.2, 0.25) is 21.8 Å². The predicted molar refractivity (Wildman–Crippen MR) is 168 cm³/mol. The van der Waals surface area contributed by atoms with E-state index in [1.165, 1.54) is 10.6 Å². The van der Waals surface area contributed by atoms with Crippen molar-refractivity contribution >= 4 is 27.5 Å². The van der Waals surface area contributed by atoms with Gasteiger partial charge in [0.05, 0.1) is 19.1 Å². The van der Waals surface area contributed by atoms with Crippen LogP contribution in [0.1, 0.15) is 48.4 Å². The van der Waals surface area contributed by atoms with Gasteiger partial charge in [0.25, 0.3) is 0 Å². The third-order valence-electron chi connectivity index (χ3n) is 7.30. The highest BCUT2D eigenvalue weighted by Crippen LogP contribution is 2.26. The van der Waals surface area contributed by atoms with Crippen molar-refractivity contribution in [3.63, 3.8) is 0 Å². The van der Waals surface area contributed by atoms with Crippen molar-refractivity contribution in [2.45, 2.75) is 59.0 Å². The topological polar surface area (TPSA) is 96.0 Å². The fraction of sp³-hybridized carbons (Fsp3) is 0.394. The fourth-order valence-corrected chi connectivity index (χ4v) is 5.89. The second-order valence-corrected chi connectivity index (χ2v) is 12.4. The highest BCUT2D eigenvalue weighted by Gasteiger charge is 2.30. The molecule has 0 aliphatic rings. The lowest BCUT2D eigenvalue weighted by atomic mass is 10.0. The Morgan fingerprint density at radius 3 is 2.31 bits per heavy atom. The smallest absolute Gasteiger partial charge is 0.243 e. The molecule has 2 amide bonds. The number of ether oxygens (including phenoxy) is 1. The number of carbonyl (C=O) groups is 2. The third kappa shape index (κ3) is 9.08. The fourth-order valence-electron chi connectivity index (χ4n) is 4.88. The number of hydrogen-bond donors (Lipinski definition) is 1. The highest BCUT2D eigenvalue weighted by molar-refractivity contribution is 7.92. The molecule has 1 atom stereocenters. The summed E-state index contributed by atoms with van der Waals surface area (Å²) in [6.45, 7) is 6.68. The largest absolute Gasteiger partial charge is 0.497 e. The summed E-state index contributed by atoms with van der Waals surface area (Å²) >= 11 is 0. The molecule has 3 rings (SSSR count). The molecule has 8 nitrogen and oxygen atoms in total. The van der Waals surface area contributed by atoms with Crippen molar-refractivity contribution in [3.8, 4) is 5.75 Å². The van der Waals surface area contributed by atoms with Crippen LogP contribution in [0, 0.1) is 13.8 Å². The molecule has 3 aromatic rings. The summed E-state index contributed by atoms with van der Waals surface area (Å²) in [5, 5.41) is 2.98. The first kappa shape index (κ1) is 32.7. The summed E-state index contributed by atoms with van der Waals surface area (Å²) in [5.41, 5.74) is 4.25. The number of rotatable bonds is 15. The molecule has 0 saturated carbocycles. The van der Waals surface area contributed by atoms with Crippen molar-refractivity contribution in [1.29, 1.82) is 0 Å². The molecule has 226 valence electrons. The number of amides is 2. The van der Waals surface area contributed by atoms with Gasteiger partial charge in [-0.3, -0.25) is 13.9 Å². The molecule has 9 heteroatoms. The molecular formula is C33H43N3O5S. The molecule has 0 aliphatic carbocycles. The van der Waals surface area contributed by atoms with Crippen LogP contribution in [0.3, 0.4) is 0 Å². The molecule has 0 aliphatic heterocycles. The van der Waals surface area contributed by atoms with Gasteiger partial charge in [-0.1, -0.05) is 61.5 Å². The summed E-state index contributed by atoms with van der Waals surface area (Å²) < 4.78 is 32.3. The van der Waals surface area contributed by atoms with Crippen LogP contribution in [0.2, 0.25) is 0 Å². The number of sulfonamides is 1. The summed E-state index contributed by atoms with van der Waals surface area (Å²) in [7, 11) is -2.00. The van der Waals surface area contributed by atoms with Gasteiger partial charge < -0.3 is 15.0 Å². The zero-order chi connectivity index (χ0) is 30.7. The van der Waals surface area contributed by atoms with Gasteiger partial charge in [0, 0.05) is 32.5 Å². The second-order valence-electron chi connectivity index (χ2n) is 10.5. The second kappa shape index (κ2) is 15.4. The zero-order valence-corrected chi connectivity index (χ0v) is 26.1. The number of methoxy groups -OCH3 is 1. The number of nitrogens with one attached hydrogen (secondary N) is 1. The van der Waals surface area contributed by atoms with Crippen molar-refractivity contribution in [2.24, 2.45) is 0 Å². The Hall–Kier alpha value is -3.85. The van der Waals surface area contributed by atoms with Crippen molar-refractivity contribution in [1.82, 2.24) is 10.2 Å². The lowest BCUT2D eigenvalue weighted by molar-refractivity contribution is -0.141. The Labute approximate surface area is 250 Å². The molecule has 0 radical (unpaired) electrons. The lowest BCUT2D eigenvalue weighted by Crippen LogP contribution is -2.50. The van der Waals surface area contributed by atoms with Crippen molar-refractivity contribution in [2.75, 3.05) is 30.8 Å². The molecule has 0 fully saturated rings. The number of anilines is 1. The van der Waals surface area contributed by atoms with E-state index < -0.39 is 16.1 Å². The Morgan fingerprint density at radius 2 is 1.64 bits per heavy atom. The quantitative estimate of drug-likeness (QED) is 0.267. The average molecular weight is 594 g/mol. The first-order valence-corrected chi connectivity index (χ1v) is 16.2. The normalized spacial score (nSPS) is 11.9. The molecular weight excluding hydrogens is 550 g/mol. The third-order valence-corrected chi connectivity index (χ3v) is 8.48. The van der Waals surface area contributed by atoms with Crippen molar-refractivity contribution in [3.05, 3.63) is 95.1 Å². The minimum absolute atomic E-state index is 0.0766. The van der Waals surface area contributed by atoms with Crippen LogP contribution in [-0.4, -0.2) is 57.6 Å². The molecule has 0 spiro atoms. The maximum Gasteiger partial charge on any atom is 0.243 e. The van der Waals surface area contributed by atoms with Crippen LogP contribution >= 0.6 is 0 Å². The number of benzene rings is 3. The maximum atomic E-state index is 13.9. The van der Waals surface area contributed by atoms with Crippen LogP contribution < -0.4 is 14.4 Å². The lowest BCUT2D eigenvalue weighted by Gasteiger charge is -2.32. The highest BCUT2D eigenvalue weighted by atomic mass is 32.2. The number of nitrogens with zero attached hydrogens (tertiary/aromatic N) is 2. The first-order chi connectivity index (χ1) is 20.0. The minimum Gasteiger partial charge on any atom is -0.497 e. The number of carbonyl (C=O) groups excluding carboxylic acids is 2. The summed E-state index contributed by atoms with van der Waals surface area (Å²) in [6.07, 6.45) is 2.67. The zero-order valence-electron chi connectivity index (χ0n) is 25.3.